The van der Waals surface area contributed by atoms with Gasteiger partial charge in [-0.05, 0) is 38.8 Å². The first-order valence-electron chi connectivity index (χ1n) is 7.38. The van der Waals surface area contributed by atoms with E-state index in [0.29, 0.717) is 12.0 Å². The van der Waals surface area contributed by atoms with Crippen LogP contribution in [0, 0.1) is 17.6 Å². The molecule has 3 rings (SSSR count). The van der Waals surface area contributed by atoms with Crippen LogP contribution in [0.4, 0.5) is 20.4 Å². The van der Waals surface area contributed by atoms with Gasteiger partial charge in [0, 0.05) is 25.2 Å². The number of pyridine rings is 1. The first kappa shape index (κ1) is 14.5. The van der Waals surface area contributed by atoms with Crippen LogP contribution in [-0.4, -0.2) is 42.6 Å². The lowest BCUT2D eigenvalue weighted by Gasteiger charge is -2.46. The van der Waals surface area contributed by atoms with Crippen molar-refractivity contribution in [1.29, 1.82) is 0 Å². The van der Waals surface area contributed by atoms with E-state index >= 15 is 0 Å². The van der Waals surface area contributed by atoms with E-state index in [9.17, 15) is 8.78 Å². The summed E-state index contributed by atoms with van der Waals surface area (Å²) in [7, 11) is 2.15. The fourth-order valence-electron chi connectivity index (χ4n) is 3.62. The van der Waals surface area contributed by atoms with Gasteiger partial charge < -0.3 is 15.2 Å². The zero-order chi connectivity index (χ0) is 15.0. The summed E-state index contributed by atoms with van der Waals surface area (Å²) in [5, 5.41) is 0. The van der Waals surface area contributed by atoms with Crippen LogP contribution < -0.4 is 16.2 Å². The molecule has 1 aromatic rings. The summed E-state index contributed by atoms with van der Waals surface area (Å²) in [5.41, 5.74) is 2.18. The van der Waals surface area contributed by atoms with Gasteiger partial charge in [-0.2, -0.15) is 0 Å². The second kappa shape index (κ2) is 5.73. The molecule has 0 radical (unpaired) electrons. The number of aromatic nitrogens is 1. The van der Waals surface area contributed by atoms with Crippen molar-refractivity contribution in [3.63, 3.8) is 0 Å². The maximum absolute atomic E-state index is 14.0. The fourth-order valence-corrected chi connectivity index (χ4v) is 3.62. The molecule has 0 saturated carbocycles. The smallest absolute Gasteiger partial charge is 0.178 e. The van der Waals surface area contributed by atoms with Crippen molar-refractivity contribution in [3.8, 4) is 0 Å². The summed E-state index contributed by atoms with van der Waals surface area (Å²) in [6.45, 7) is 2.62. The zero-order valence-corrected chi connectivity index (χ0v) is 12.1. The number of fused-ring (bicyclic) bond motifs is 1. The molecular formula is C14H21F2N5. The summed E-state index contributed by atoms with van der Waals surface area (Å²) in [4.78, 5) is 8.31. The number of nitrogen functional groups attached to an aromatic ring is 1. The minimum Gasteiger partial charge on any atom is -0.354 e. The molecule has 2 saturated heterocycles. The van der Waals surface area contributed by atoms with Crippen molar-refractivity contribution < 1.29 is 8.78 Å². The fraction of sp³-hybridized carbons (Fsp3) is 0.643. The molecule has 3 heterocycles. The van der Waals surface area contributed by atoms with E-state index in [1.807, 2.05) is 4.90 Å². The predicted molar refractivity (Wildman–Crippen MR) is 77.9 cm³/mol. The third-order valence-electron chi connectivity index (χ3n) is 4.69. The Labute approximate surface area is 123 Å². The van der Waals surface area contributed by atoms with Gasteiger partial charge in [-0.25, -0.2) is 19.6 Å². The second-order valence-electron chi connectivity index (χ2n) is 5.95. The Morgan fingerprint density at radius 2 is 2.10 bits per heavy atom. The number of rotatable bonds is 2. The molecule has 0 aromatic carbocycles. The van der Waals surface area contributed by atoms with Gasteiger partial charge in [0.2, 0.25) is 0 Å². The molecule has 0 amide bonds. The third kappa shape index (κ3) is 2.67. The van der Waals surface area contributed by atoms with Gasteiger partial charge in [0.1, 0.15) is 0 Å². The Morgan fingerprint density at radius 3 is 2.86 bits per heavy atom. The Kier molecular flexibility index (Phi) is 3.95. The molecule has 2 unspecified atom stereocenters. The molecule has 2 aliphatic heterocycles. The van der Waals surface area contributed by atoms with E-state index < -0.39 is 11.6 Å². The Morgan fingerprint density at radius 1 is 1.29 bits per heavy atom. The number of hydrogen-bond acceptors (Lipinski definition) is 5. The van der Waals surface area contributed by atoms with Gasteiger partial charge in [-0.1, -0.05) is 0 Å². The zero-order valence-electron chi connectivity index (χ0n) is 12.1. The highest BCUT2D eigenvalue weighted by molar-refractivity contribution is 5.49. The molecule has 116 valence electrons. The minimum atomic E-state index is -0.772. The van der Waals surface area contributed by atoms with E-state index in [0.717, 1.165) is 38.5 Å². The molecular weight excluding hydrogens is 276 g/mol. The van der Waals surface area contributed by atoms with Crippen LogP contribution in [0.3, 0.4) is 0 Å². The van der Waals surface area contributed by atoms with Gasteiger partial charge in [0.25, 0.3) is 0 Å². The predicted octanol–water partition coefficient (Wildman–Crippen LogP) is 1.57. The third-order valence-corrected chi connectivity index (χ3v) is 4.69. The lowest BCUT2D eigenvalue weighted by Crippen LogP contribution is -2.53. The van der Waals surface area contributed by atoms with Crippen molar-refractivity contribution in [2.75, 3.05) is 37.0 Å². The highest BCUT2D eigenvalue weighted by atomic mass is 19.1. The molecule has 1 aromatic heterocycles. The molecule has 3 N–H and O–H groups in total. The van der Waals surface area contributed by atoms with Crippen LogP contribution in [0.25, 0.3) is 0 Å². The van der Waals surface area contributed by atoms with Crippen LogP contribution in [0.2, 0.25) is 0 Å². The second-order valence-corrected chi connectivity index (χ2v) is 5.95. The van der Waals surface area contributed by atoms with Gasteiger partial charge >= 0.3 is 0 Å². The molecule has 0 aliphatic carbocycles. The molecule has 0 bridgehead atoms. The molecule has 7 heteroatoms. The summed E-state index contributed by atoms with van der Waals surface area (Å²) in [5.74, 6) is 4.41. The number of nitrogens with zero attached hydrogens (tertiary/aromatic N) is 3. The van der Waals surface area contributed by atoms with Gasteiger partial charge in [-0.3, -0.25) is 0 Å². The van der Waals surface area contributed by atoms with Crippen molar-refractivity contribution in [2.45, 2.75) is 25.3 Å². The standard InChI is InChI=1S/C14H21F2N5/c1-20-5-2-3-9-8-21(6-4-12(9)20)14-11(16)7-10(15)13(18-14)19-17/h7,9,12H,2-6,8,17H2,1H3,(H,18,19). The maximum atomic E-state index is 14.0. The Bertz CT molecular complexity index is 524. The monoisotopic (exact) mass is 297 g/mol. The van der Waals surface area contributed by atoms with Crippen LogP contribution in [0.15, 0.2) is 6.07 Å². The topological polar surface area (TPSA) is 57.4 Å². The molecule has 2 fully saturated rings. The Balaban J connectivity index is 1.82. The number of likely N-dealkylation sites (tertiary alicyclic amines) is 1. The summed E-state index contributed by atoms with van der Waals surface area (Å²) in [6.07, 6.45) is 3.29. The average Bonchev–Trinajstić information content (AvgIpc) is 2.47. The number of halogens is 2. The number of piperidine rings is 2. The van der Waals surface area contributed by atoms with Crippen molar-refractivity contribution in [1.82, 2.24) is 9.88 Å². The van der Waals surface area contributed by atoms with Crippen molar-refractivity contribution in [3.05, 3.63) is 17.7 Å². The van der Waals surface area contributed by atoms with Gasteiger partial charge in [0.05, 0.1) is 0 Å². The molecule has 0 spiro atoms. The van der Waals surface area contributed by atoms with Crippen molar-refractivity contribution >= 4 is 11.6 Å². The highest BCUT2D eigenvalue weighted by Crippen LogP contribution is 2.32. The summed E-state index contributed by atoms with van der Waals surface area (Å²) >= 11 is 0. The summed E-state index contributed by atoms with van der Waals surface area (Å²) in [6, 6.07) is 1.40. The van der Waals surface area contributed by atoms with Crippen LogP contribution >= 0.6 is 0 Å². The quantitative estimate of drug-likeness (QED) is 0.641. The van der Waals surface area contributed by atoms with E-state index in [4.69, 9.17) is 5.84 Å². The minimum absolute atomic E-state index is 0.116. The van der Waals surface area contributed by atoms with Crippen LogP contribution in [0.1, 0.15) is 19.3 Å². The first-order valence-corrected chi connectivity index (χ1v) is 7.38. The molecule has 5 nitrogen and oxygen atoms in total. The normalized spacial score (nSPS) is 26.6. The van der Waals surface area contributed by atoms with Gasteiger partial charge in [-0.15, -0.1) is 0 Å². The Hall–Kier alpha value is -1.47. The number of anilines is 2. The molecule has 2 atom stereocenters. The van der Waals surface area contributed by atoms with E-state index in [2.05, 4.69) is 22.4 Å². The largest absolute Gasteiger partial charge is 0.354 e. The number of nitrogens with two attached hydrogens (primary N) is 1. The van der Waals surface area contributed by atoms with E-state index in [-0.39, 0.29) is 11.6 Å². The molecule has 2 aliphatic rings. The van der Waals surface area contributed by atoms with E-state index in [1.54, 1.807) is 0 Å². The van der Waals surface area contributed by atoms with Crippen molar-refractivity contribution in [2.24, 2.45) is 11.8 Å². The average molecular weight is 297 g/mol. The van der Waals surface area contributed by atoms with Gasteiger partial charge in [0.15, 0.2) is 23.3 Å². The number of nitrogens with one attached hydrogen (secondary N) is 1. The van der Waals surface area contributed by atoms with E-state index in [1.165, 1.54) is 6.42 Å². The number of hydrogen-bond donors (Lipinski definition) is 2. The maximum Gasteiger partial charge on any atom is 0.178 e. The van der Waals surface area contributed by atoms with Crippen LogP contribution in [-0.2, 0) is 0 Å². The highest BCUT2D eigenvalue weighted by Gasteiger charge is 2.35. The summed E-state index contributed by atoms with van der Waals surface area (Å²) < 4.78 is 27.5. The first-order chi connectivity index (χ1) is 10.1. The molecule has 21 heavy (non-hydrogen) atoms. The number of hydrazine groups is 1. The lowest BCUT2D eigenvalue weighted by atomic mass is 9.84. The van der Waals surface area contributed by atoms with Crippen LogP contribution in [0.5, 0.6) is 0 Å². The lowest BCUT2D eigenvalue weighted by molar-refractivity contribution is 0.102. The SMILES string of the molecule is CN1CCCC2CN(c3nc(NN)c(F)cc3F)CCC21.